The summed E-state index contributed by atoms with van der Waals surface area (Å²) >= 11 is 0. The number of amides is 3. The number of nitrogens with zero attached hydrogens (tertiary/aromatic N) is 1. The molecule has 3 amide bonds. The standard InChI is InChI=1S/C20H19FN2O5/c1-13(18(24)23-11-10-22-20(23)26)28-19(25)16-4-2-3-5-17(16)27-12-14-6-8-15(21)9-7-14/h2-9,13H,10-12H2,1H3,(H,22,26). The normalized spacial score (nSPS) is 14.4. The maximum absolute atomic E-state index is 13.0. The smallest absolute Gasteiger partial charge is 0.342 e. The topological polar surface area (TPSA) is 84.9 Å². The average Bonchev–Trinajstić information content (AvgIpc) is 3.13. The largest absolute Gasteiger partial charge is 0.488 e. The van der Waals surface area contributed by atoms with Gasteiger partial charge in [-0.1, -0.05) is 24.3 Å². The van der Waals surface area contributed by atoms with Crippen LogP contribution in [0.1, 0.15) is 22.8 Å². The Hall–Kier alpha value is -3.42. The molecule has 0 bridgehead atoms. The van der Waals surface area contributed by atoms with Gasteiger partial charge in [0.1, 0.15) is 23.7 Å². The second-order valence-corrected chi connectivity index (χ2v) is 6.18. The summed E-state index contributed by atoms with van der Waals surface area (Å²) in [7, 11) is 0. The molecule has 0 aliphatic carbocycles. The molecule has 1 unspecified atom stereocenters. The first kappa shape index (κ1) is 19.3. The van der Waals surface area contributed by atoms with Crippen molar-refractivity contribution in [1.82, 2.24) is 10.2 Å². The van der Waals surface area contributed by atoms with E-state index in [0.717, 1.165) is 10.5 Å². The van der Waals surface area contributed by atoms with Gasteiger partial charge in [-0.3, -0.25) is 9.69 Å². The average molecular weight is 386 g/mol. The van der Waals surface area contributed by atoms with Gasteiger partial charge in [0.25, 0.3) is 5.91 Å². The number of ether oxygens (including phenoxy) is 2. The lowest BCUT2D eigenvalue weighted by molar-refractivity contribution is -0.136. The number of carbonyl (C=O) groups excluding carboxylic acids is 3. The summed E-state index contributed by atoms with van der Waals surface area (Å²) in [5, 5.41) is 2.52. The Morgan fingerprint density at radius 3 is 2.57 bits per heavy atom. The van der Waals surface area contributed by atoms with Crippen LogP contribution in [0.5, 0.6) is 5.75 Å². The molecule has 7 nitrogen and oxygen atoms in total. The molecule has 1 aliphatic rings. The molecule has 0 spiro atoms. The van der Waals surface area contributed by atoms with Crippen molar-refractivity contribution in [2.75, 3.05) is 13.1 Å². The van der Waals surface area contributed by atoms with E-state index in [9.17, 15) is 18.8 Å². The molecule has 0 radical (unpaired) electrons. The number of rotatable bonds is 6. The monoisotopic (exact) mass is 386 g/mol. The van der Waals surface area contributed by atoms with E-state index < -0.39 is 24.0 Å². The molecule has 0 saturated carbocycles. The number of carbonyl (C=O) groups is 3. The quantitative estimate of drug-likeness (QED) is 0.771. The Bertz CT molecular complexity index is 884. The van der Waals surface area contributed by atoms with E-state index >= 15 is 0 Å². The number of halogens is 1. The Balaban J connectivity index is 1.65. The number of esters is 1. The summed E-state index contributed by atoms with van der Waals surface area (Å²) in [5.41, 5.74) is 0.878. The molecule has 146 valence electrons. The third kappa shape index (κ3) is 4.46. The second kappa shape index (κ2) is 8.51. The lowest BCUT2D eigenvalue weighted by atomic mass is 10.2. The third-order valence-electron chi connectivity index (χ3n) is 4.17. The molecular weight excluding hydrogens is 367 g/mol. The Morgan fingerprint density at radius 2 is 1.89 bits per heavy atom. The molecule has 8 heteroatoms. The van der Waals surface area contributed by atoms with Crippen LogP contribution in [0, 0.1) is 5.82 Å². The van der Waals surface area contributed by atoms with Gasteiger partial charge in [0, 0.05) is 13.1 Å². The minimum atomic E-state index is -1.12. The minimum Gasteiger partial charge on any atom is -0.488 e. The first-order chi connectivity index (χ1) is 13.5. The maximum Gasteiger partial charge on any atom is 0.342 e. The number of urea groups is 1. The molecule has 1 heterocycles. The van der Waals surface area contributed by atoms with Gasteiger partial charge in [-0.15, -0.1) is 0 Å². The molecule has 1 fully saturated rings. The third-order valence-corrected chi connectivity index (χ3v) is 4.17. The van der Waals surface area contributed by atoms with Crippen LogP contribution in [0.3, 0.4) is 0 Å². The van der Waals surface area contributed by atoms with Crippen molar-refractivity contribution in [3.05, 3.63) is 65.5 Å². The van der Waals surface area contributed by atoms with E-state index in [1.807, 2.05) is 0 Å². The summed E-state index contributed by atoms with van der Waals surface area (Å²) in [5.74, 6) is -1.41. The fourth-order valence-corrected chi connectivity index (χ4v) is 2.68. The summed E-state index contributed by atoms with van der Waals surface area (Å²) in [6.45, 7) is 2.14. The highest BCUT2D eigenvalue weighted by molar-refractivity contribution is 6.00. The molecule has 1 atom stereocenters. The minimum absolute atomic E-state index is 0.132. The zero-order valence-electron chi connectivity index (χ0n) is 15.2. The summed E-state index contributed by atoms with van der Waals surface area (Å²) in [6.07, 6.45) is -1.12. The van der Waals surface area contributed by atoms with Crippen molar-refractivity contribution in [1.29, 1.82) is 0 Å². The number of benzene rings is 2. The predicted octanol–water partition coefficient (Wildman–Crippen LogP) is 2.50. The molecule has 1 N–H and O–H groups in total. The van der Waals surface area contributed by atoms with Crippen LogP contribution in [-0.2, 0) is 16.1 Å². The van der Waals surface area contributed by atoms with Gasteiger partial charge in [0.05, 0.1) is 0 Å². The van der Waals surface area contributed by atoms with Gasteiger partial charge >= 0.3 is 12.0 Å². The van der Waals surface area contributed by atoms with Gasteiger partial charge < -0.3 is 14.8 Å². The highest BCUT2D eigenvalue weighted by Crippen LogP contribution is 2.21. The molecule has 3 rings (SSSR count). The van der Waals surface area contributed by atoms with Gasteiger partial charge in [0.15, 0.2) is 6.10 Å². The lowest BCUT2D eigenvalue weighted by Gasteiger charge is -2.19. The van der Waals surface area contributed by atoms with Crippen molar-refractivity contribution < 1.29 is 28.2 Å². The maximum atomic E-state index is 13.0. The lowest BCUT2D eigenvalue weighted by Crippen LogP contribution is -2.41. The van der Waals surface area contributed by atoms with Crippen LogP contribution in [0.15, 0.2) is 48.5 Å². The van der Waals surface area contributed by atoms with E-state index in [0.29, 0.717) is 6.54 Å². The van der Waals surface area contributed by atoms with Crippen molar-refractivity contribution in [3.8, 4) is 5.75 Å². The molecule has 2 aromatic carbocycles. The van der Waals surface area contributed by atoms with E-state index in [2.05, 4.69) is 5.32 Å². The first-order valence-corrected chi connectivity index (χ1v) is 8.72. The number of nitrogens with one attached hydrogen (secondary N) is 1. The van der Waals surface area contributed by atoms with Crippen molar-refractivity contribution >= 4 is 17.9 Å². The zero-order chi connectivity index (χ0) is 20.1. The van der Waals surface area contributed by atoms with Crippen LogP contribution in [0.4, 0.5) is 9.18 Å². The van der Waals surface area contributed by atoms with Crippen LogP contribution in [0.2, 0.25) is 0 Å². The fraction of sp³-hybridized carbons (Fsp3) is 0.250. The van der Waals surface area contributed by atoms with E-state index in [1.54, 1.807) is 30.3 Å². The van der Waals surface area contributed by atoms with Gasteiger partial charge in [0.2, 0.25) is 0 Å². The van der Waals surface area contributed by atoms with Crippen LogP contribution in [-0.4, -0.2) is 42.0 Å². The highest BCUT2D eigenvalue weighted by Gasteiger charge is 2.32. The number of hydrogen-bond acceptors (Lipinski definition) is 5. The molecular formula is C20H19FN2O5. The van der Waals surface area contributed by atoms with E-state index in [1.165, 1.54) is 25.1 Å². The van der Waals surface area contributed by atoms with E-state index in [-0.39, 0.29) is 30.3 Å². The SMILES string of the molecule is CC(OC(=O)c1ccccc1OCc1ccc(F)cc1)C(=O)N1CCNC1=O. The summed E-state index contributed by atoms with van der Waals surface area (Å²) in [4.78, 5) is 37.4. The van der Waals surface area contributed by atoms with Crippen molar-refractivity contribution in [2.45, 2.75) is 19.6 Å². The number of hydrogen-bond donors (Lipinski definition) is 1. The Kier molecular flexibility index (Phi) is 5.88. The van der Waals surface area contributed by atoms with Crippen LogP contribution in [0.25, 0.3) is 0 Å². The molecule has 2 aromatic rings. The van der Waals surface area contributed by atoms with E-state index in [4.69, 9.17) is 9.47 Å². The van der Waals surface area contributed by atoms with Gasteiger partial charge in [-0.25, -0.2) is 14.0 Å². The Labute approximate surface area is 161 Å². The molecule has 0 aromatic heterocycles. The fourth-order valence-electron chi connectivity index (χ4n) is 2.68. The number of para-hydroxylation sites is 1. The molecule has 28 heavy (non-hydrogen) atoms. The van der Waals surface area contributed by atoms with Crippen molar-refractivity contribution in [2.24, 2.45) is 0 Å². The van der Waals surface area contributed by atoms with Crippen molar-refractivity contribution in [3.63, 3.8) is 0 Å². The highest BCUT2D eigenvalue weighted by atomic mass is 19.1. The summed E-state index contributed by atoms with van der Waals surface area (Å²) < 4.78 is 23.9. The first-order valence-electron chi connectivity index (χ1n) is 8.72. The Morgan fingerprint density at radius 1 is 1.18 bits per heavy atom. The van der Waals surface area contributed by atoms with Gasteiger partial charge in [-0.05, 0) is 36.8 Å². The van der Waals surface area contributed by atoms with Crippen LogP contribution < -0.4 is 10.1 Å². The van der Waals surface area contributed by atoms with Gasteiger partial charge in [-0.2, -0.15) is 0 Å². The predicted molar refractivity (Wildman–Crippen MR) is 97.2 cm³/mol. The summed E-state index contributed by atoms with van der Waals surface area (Å²) in [6, 6.07) is 11.7. The zero-order valence-corrected chi connectivity index (χ0v) is 15.2. The van der Waals surface area contributed by atoms with Crippen LogP contribution >= 0.6 is 0 Å². The number of imide groups is 1. The molecule has 1 saturated heterocycles. The second-order valence-electron chi connectivity index (χ2n) is 6.18. The molecule has 1 aliphatic heterocycles.